The molecule has 0 saturated carbocycles. The highest BCUT2D eigenvalue weighted by Gasteiger charge is 2.09. The quantitative estimate of drug-likeness (QED) is 0.727. The van der Waals surface area contributed by atoms with Crippen LogP contribution in [0.4, 0.5) is 5.69 Å². The van der Waals surface area contributed by atoms with E-state index in [2.05, 4.69) is 46.7 Å². The van der Waals surface area contributed by atoms with Crippen LogP contribution >= 0.6 is 15.9 Å². The average molecular weight is 355 g/mol. The molecule has 0 bridgehead atoms. The summed E-state index contributed by atoms with van der Waals surface area (Å²) in [6.07, 6.45) is 3.90. The van der Waals surface area contributed by atoms with Crippen molar-refractivity contribution < 1.29 is 9.90 Å². The van der Waals surface area contributed by atoms with Crippen LogP contribution in [0, 0.1) is 0 Å². The van der Waals surface area contributed by atoms with E-state index in [0.29, 0.717) is 0 Å². The number of carboxylic acids is 1. The Balaban J connectivity index is 2.94. The van der Waals surface area contributed by atoms with Crippen molar-refractivity contribution in [2.24, 2.45) is 0 Å². The Morgan fingerprint density at radius 3 is 2.62 bits per heavy atom. The lowest BCUT2D eigenvalue weighted by atomic mass is 10.1. The molecule has 1 aromatic carbocycles. The van der Waals surface area contributed by atoms with E-state index in [1.54, 1.807) is 6.08 Å². The van der Waals surface area contributed by atoms with Gasteiger partial charge >= 0.3 is 5.97 Å². The van der Waals surface area contributed by atoms with Gasteiger partial charge in [0.2, 0.25) is 0 Å². The summed E-state index contributed by atoms with van der Waals surface area (Å²) in [4.78, 5) is 15.2. The molecule has 0 saturated heterocycles. The summed E-state index contributed by atoms with van der Waals surface area (Å²) >= 11 is 3.44. The summed E-state index contributed by atoms with van der Waals surface area (Å²) in [6.45, 7) is 4.99. The van der Waals surface area contributed by atoms with Crippen molar-refractivity contribution >= 4 is 33.7 Å². The molecule has 0 aromatic heterocycles. The minimum absolute atomic E-state index is 0.892. The number of nitrogens with zero attached hydrogens (tertiary/aromatic N) is 2. The molecule has 1 aromatic rings. The van der Waals surface area contributed by atoms with Gasteiger partial charge in [-0.1, -0.05) is 15.9 Å². The largest absolute Gasteiger partial charge is 0.478 e. The second kappa shape index (κ2) is 8.85. The van der Waals surface area contributed by atoms with Crippen LogP contribution in [0.1, 0.15) is 18.9 Å². The van der Waals surface area contributed by atoms with E-state index in [9.17, 15) is 4.79 Å². The van der Waals surface area contributed by atoms with E-state index in [1.807, 2.05) is 18.2 Å². The molecule has 0 heterocycles. The standard InChI is InChI=1S/C16H23BrN2O2/c1-4-19(11-5-10-18(2)3)15-8-7-14(17)12-13(15)6-9-16(20)21/h6-9,12H,4-5,10-11H2,1-3H3,(H,20,21)/b9-6+. The van der Waals surface area contributed by atoms with Gasteiger partial charge in [0, 0.05) is 29.3 Å². The Hall–Kier alpha value is -1.33. The molecule has 0 aliphatic heterocycles. The Morgan fingerprint density at radius 1 is 1.33 bits per heavy atom. The third-order valence-electron chi connectivity index (χ3n) is 3.15. The summed E-state index contributed by atoms with van der Waals surface area (Å²) in [6, 6.07) is 5.97. The Kier molecular flexibility index (Phi) is 7.47. The smallest absolute Gasteiger partial charge is 0.328 e. The second-order valence-electron chi connectivity index (χ2n) is 5.11. The van der Waals surface area contributed by atoms with E-state index in [1.165, 1.54) is 6.08 Å². The van der Waals surface area contributed by atoms with Crippen LogP contribution in [0.5, 0.6) is 0 Å². The first-order valence-corrected chi connectivity index (χ1v) is 7.83. The van der Waals surface area contributed by atoms with Gasteiger partial charge in [-0.2, -0.15) is 0 Å². The molecule has 0 unspecified atom stereocenters. The number of halogens is 1. The fourth-order valence-electron chi connectivity index (χ4n) is 2.13. The third-order valence-corrected chi connectivity index (χ3v) is 3.64. The maximum Gasteiger partial charge on any atom is 0.328 e. The highest BCUT2D eigenvalue weighted by Crippen LogP contribution is 2.26. The highest BCUT2D eigenvalue weighted by atomic mass is 79.9. The Morgan fingerprint density at radius 2 is 2.05 bits per heavy atom. The number of benzene rings is 1. The summed E-state index contributed by atoms with van der Waals surface area (Å²) in [5.74, 6) is -0.934. The summed E-state index contributed by atoms with van der Waals surface area (Å²) in [5, 5.41) is 8.82. The number of hydrogen-bond acceptors (Lipinski definition) is 3. The van der Waals surface area contributed by atoms with Gasteiger partial charge in [0.05, 0.1) is 0 Å². The molecule has 21 heavy (non-hydrogen) atoms. The van der Waals surface area contributed by atoms with Gasteiger partial charge in [0.15, 0.2) is 0 Å². The number of hydrogen-bond donors (Lipinski definition) is 1. The molecule has 0 fully saturated rings. The third kappa shape index (κ3) is 6.31. The minimum Gasteiger partial charge on any atom is -0.478 e. The van der Waals surface area contributed by atoms with Crippen LogP contribution < -0.4 is 4.90 Å². The molecular weight excluding hydrogens is 332 g/mol. The van der Waals surface area contributed by atoms with Crippen molar-refractivity contribution in [3.05, 3.63) is 34.3 Å². The molecule has 0 atom stereocenters. The van der Waals surface area contributed by atoms with E-state index >= 15 is 0 Å². The molecule has 0 amide bonds. The van der Waals surface area contributed by atoms with Crippen LogP contribution in [0.2, 0.25) is 0 Å². The maximum atomic E-state index is 10.7. The van der Waals surface area contributed by atoms with Gasteiger partial charge in [-0.3, -0.25) is 0 Å². The number of carbonyl (C=O) groups is 1. The molecule has 0 radical (unpaired) electrons. The predicted octanol–water partition coefficient (Wildman–Crippen LogP) is 3.32. The van der Waals surface area contributed by atoms with Gasteiger partial charge < -0.3 is 14.9 Å². The zero-order valence-corrected chi connectivity index (χ0v) is 14.4. The first-order valence-electron chi connectivity index (χ1n) is 7.04. The summed E-state index contributed by atoms with van der Waals surface area (Å²) < 4.78 is 0.945. The Bertz CT molecular complexity index is 501. The predicted molar refractivity (Wildman–Crippen MR) is 91.9 cm³/mol. The number of carboxylic acid groups (broad SMARTS) is 1. The van der Waals surface area contributed by atoms with Crippen LogP contribution in [0.3, 0.4) is 0 Å². The number of anilines is 1. The van der Waals surface area contributed by atoms with Crippen LogP contribution in [-0.4, -0.2) is 49.7 Å². The van der Waals surface area contributed by atoms with Crippen LogP contribution in [0.15, 0.2) is 28.7 Å². The molecule has 1 rings (SSSR count). The normalized spacial score (nSPS) is 11.3. The molecular formula is C16H23BrN2O2. The molecule has 5 heteroatoms. The highest BCUT2D eigenvalue weighted by molar-refractivity contribution is 9.10. The SMILES string of the molecule is CCN(CCCN(C)C)c1ccc(Br)cc1/C=C/C(=O)O. The van der Waals surface area contributed by atoms with Crippen molar-refractivity contribution in [2.75, 3.05) is 38.6 Å². The zero-order valence-electron chi connectivity index (χ0n) is 12.8. The first-order chi connectivity index (χ1) is 9.93. The summed E-state index contributed by atoms with van der Waals surface area (Å²) in [7, 11) is 4.13. The summed E-state index contributed by atoms with van der Waals surface area (Å²) in [5.41, 5.74) is 1.98. The lowest BCUT2D eigenvalue weighted by Crippen LogP contribution is -2.27. The second-order valence-corrected chi connectivity index (χ2v) is 6.03. The van der Waals surface area contributed by atoms with Crippen LogP contribution in [0.25, 0.3) is 6.08 Å². The first kappa shape index (κ1) is 17.7. The topological polar surface area (TPSA) is 43.8 Å². The molecule has 0 aliphatic carbocycles. The van der Waals surface area contributed by atoms with Crippen molar-refractivity contribution in [3.8, 4) is 0 Å². The van der Waals surface area contributed by atoms with E-state index < -0.39 is 5.97 Å². The minimum atomic E-state index is -0.934. The number of rotatable bonds is 8. The zero-order chi connectivity index (χ0) is 15.8. The molecule has 116 valence electrons. The van der Waals surface area contributed by atoms with Gasteiger partial charge in [0.25, 0.3) is 0 Å². The van der Waals surface area contributed by atoms with E-state index in [4.69, 9.17) is 5.11 Å². The lowest BCUT2D eigenvalue weighted by Gasteiger charge is -2.26. The van der Waals surface area contributed by atoms with Crippen LogP contribution in [-0.2, 0) is 4.79 Å². The Labute approximate surface area is 135 Å². The monoisotopic (exact) mass is 354 g/mol. The average Bonchev–Trinajstić information content (AvgIpc) is 2.42. The van der Waals surface area contributed by atoms with E-state index in [-0.39, 0.29) is 0 Å². The molecule has 1 N–H and O–H groups in total. The molecule has 4 nitrogen and oxygen atoms in total. The molecule has 0 spiro atoms. The van der Waals surface area contributed by atoms with Crippen molar-refractivity contribution in [2.45, 2.75) is 13.3 Å². The van der Waals surface area contributed by atoms with Crippen molar-refractivity contribution in [1.29, 1.82) is 0 Å². The van der Waals surface area contributed by atoms with E-state index in [0.717, 1.165) is 41.8 Å². The lowest BCUT2D eigenvalue weighted by molar-refractivity contribution is -0.131. The van der Waals surface area contributed by atoms with Crippen molar-refractivity contribution in [1.82, 2.24) is 4.90 Å². The van der Waals surface area contributed by atoms with Gasteiger partial charge in [-0.15, -0.1) is 0 Å². The van der Waals surface area contributed by atoms with Gasteiger partial charge in [0.1, 0.15) is 0 Å². The van der Waals surface area contributed by atoms with Crippen molar-refractivity contribution in [3.63, 3.8) is 0 Å². The van der Waals surface area contributed by atoms with Gasteiger partial charge in [-0.05, 0) is 63.8 Å². The van der Waals surface area contributed by atoms with Gasteiger partial charge in [-0.25, -0.2) is 4.79 Å². The number of aliphatic carboxylic acids is 1. The molecule has 0 aliphatic rings. The fraction of sp³-hybridized carbons (Fsp3) is 0.438. The maximum absolute atomic E-state index is 10.7. The fourth-order valence-corrected chi connectivity index (χ4v) is 2.51.